The molecule has 0 aromatic heterocycles. The second-order valence-corrected chi connectivity index (χ2v) is 19.4. The molecule has 1 saturated heterocycles. The quantitative estimate of drug-likeness (QED) is 0.0162. The number of carboxylic acid groups (broad SMARTS) is 2. The summed E-state index contributed by atoms with van der Waals surface area (Å²) in [6.07, 6.45) is -3.08. The average molecular weight is 1080 g/mol. The van der Waals surface area contributed by atoms with E-state index in [0.717, 1.165) is 23.8 Å². The van der Waals surface area contributed by atoms with Gasteiger partial charge in [0.2, 0.25) is 41.4 Å². The molecule has 0 bridgehead atoms. The summed E-state index contributed by atoms with van der Waals surface area (Å²) in [4.78, 5) is 143. The lowest BCUT2D eigenvalue weighted by molar-refractivity contribution is -0.192. The van der Waals surface area contributed by atoms with Gasteiger partial charge in [-0.05, 0) is 63.5 Å². The Morgan fingerprint density at radius 3 is 1.74 bits per heavy atom. The second-order valence-electron chi connectivity index (χ2n) is 18.4. The van der Waals surface area contributed by atoms with Gasteiger partial charge < -0.3 is 90.5 Å². The monoisotopic (exact) mass is 1070 g/mol. The Morgan fingerprint density at radius 2 is 1.28 bits per heavy atom. The van der Waals surface area contributed by atoms with Crippen LogP contribution in [0.15, 0.2) is 11.3 Å². The van der Waals surface area contributed by atoms with Crippen molar-refractivity contribution in [3.8, 4) is 0 Å². The lowest BCUT2D eigenvalue weighted by atomic mass is 9.97. The number of hydrogen-bond acceptors (Lipinski definition) is 20. The summed E-state index contributed by atoms with van der Waals surface area (Å²) in [6.45, 7) is 5.22. The van der Waals surface area contributed by atoms with Gasteiger partial charge in [-0.2, -0.15) is 0 Å². The summed E-state index contributed by atoms with van der Waals surface area (Å²) in [5, 5.41) is 53.6. The molecule has 2 rings (SSSR count). The fraction of sp³-hybridized carbons (Fsp3) is 0.705. The first kappa shape index (κ1) is 64.1. The Labute approximate surface area is 431 Å². The number of β-lactam (4-membered cyclic amide) rings is 1. The van der Waals surface area contributed by atoms with Gasteiger partial charge in [0, 0.05) is 31.3 Å². The number of ether oxygens (including phenoxy) is 2. The van der Waals surface area contributed by atoms with E-state index in [2.05, 4.69) is 31.9 Å². The number of nitrogens with zero attached hydrogens (tertiary/aromatic N) is 1. The van der Waals surface area contributed by atoms with Gasteiger partial charge in [0.05, 0.1) is 25.2 Å². The largest absolute Gasteiger partial charge is 0.480 e. The third-order valence-electron chi connectivity index (χ3n) is 11.9. The minimum Gasteiger partial charge on any atom is -0.480 e. The summed E-state index contributed by atoms with van der Waals surface area (Å²) < 4.78 is 10.7. The molecule has 0 radical (unpaired) electrons. The number of aliphatic carboxylic acids is 2. The summed E-state index contributed by atoms with van der Waals surface area (Å²) in [7, 11) is 1.13. The molecule has 0 saturated carbocycles. The van der Waals surface area contributed by atoms with Crippen LogP contribution in [0.4, 0.5) is 0 Å². The number of nitrogens with two attached hydrogens (primary N) is 5. The van der Waals surface area contributed by atoms with Gasteiger partial charge in [-0.25, -0.2) is 4.79 Å². The predicted octanol–water partition coefficient (Wildman–Crippen LogP) is -6.02. The van der Waals surface area contributed by atoms with Gasteiger partial charge in [0.15, 0.2) is 0 Å². The average Bonchev–Trinajstić information content (AvgIpc) is 3.33. The number of primary amides is 1. The number of carboxylic acids is 2. The number of aliphatic hydroxyl groups excluding tert-OH is 2. The number of fused-ring (bicyclic) bond motifs is 1. The number of rotatable bonds is 34. The van der Waals surface area contributed by atoms with E-state index in [-0.39, 0.29) is 62.9 Å². The third kappa shape index (κ3) is 18.1. The number of carbonyl (C=O) groups is 11. The molecule has 418 valence electrons. The van der Waals surface area contributed by atoms with Gasteiger partial charge in [-0.1, -0.05) is 27.7 Å². The zero-order valence-corrected chi connectivity index (χ0v) is 42.9. The van der Waals surface area contributed by atoms with E-state index in [9.17, 15) is 68.1 Å². The van der Waals surface area contributed by atoms with Crippen molar-refractivity contribution < 1.29 is 82.6 Å². The third-order valence-corrected chi connectivity index (χ3v) is 13.3. The first-order chi connectivity index (χ1) is 34.7. The maximum Gasteiger partial charge on any atom is 0.352 e. The smallest absolute Gasteiger partial charge is 0.352 e. The maximum atomic E-state index is 13.9. The second kappa shape index (κ2) is 30.4. The SMILES string of the molecule is COC1(NC(=O)CCCC(N)C(=O)O)C(=O)N2C(C(=O)O)=C(COC(=O)CC(O)C(CC(N)=O)NC(=O)C(NC(=O)C(CCCN)NC(=O)C(NC(=O)C(CCCN)NC(=O)C(N)CO)C(C)C)C(C)C)CSC21. The molecule has 29 nitrogen and oxygen atoms in total. The molecule has 30 heteroatoms. The molecular weight excluding hydrogens is 1000 g/mol. The minimum atomic E-state index is -1.97. The Kier molecular flexibility index (Phi) is 26.3. The van der Waals surface area contributed by atoms with E-state index in [4.69, 9.17) is 43.2 Å². The molecular formula is C44H74N12O17S. The van der Waals surface area contributed by atoms with Crippen molar-refractivity contribution in [1.82, 2.24) is 36.8 Å². The van der Waals surface area contributed by atoms with Gasteiger partial charge in [0.1, 0.15) is 53.9 Å². The molecule has 0 aromatic carbocycles. The van der Waals surface area contributed by atoms with Crippen LogP contribution in [0.25, 0.3) is 0 Å². The van der Waals surface area contributed by atoms with E-state index in [0.29, 0.717) is 6.42 Å². The molecule has 1 fully saturated rings. The number of hydrogen-bond donors (Lipinski definition) is 15. The van der Waals surface area contributed by atoms with Crippen LogP contribution in [0.3, 0.4) is 0 Å². The molecule has 20 N–H and O–H groups in total. The van der Waals surface area contributed by atoms with Crippen molar-refractivity contribution in [2.24, 2.45) is 40.5 Å². The molecule has 8 amide bonds. The first-order valence-electron chi connectivity index (χ1n) is 23.9. The van der Waals surface area contributed by atoms with E-state index in [1.165, 1.54) is 0 Å². The first-order valence-corrected chi connectivity index (χ1v) is 24.9. The summed E-state index contributed by atoms with van der Waals surface area (Å²) in [5.74, 6) is -12.2. The Hall–Kier alpha value is -6.02. The van der Waals surface area contributed by atoms with E-state index >= 15 is 0 Å². The zero-order chi connectivity index (χ0) is 56.2. The van der Waals surface area contributed by atoms with E-state index in [1.54, 1.807) is 27.7 Å². The highest BCUT2D eigenvalue weighted by molar-refractivity contribution is 8.00. The van der Waals surface area contributed by atoms with Crippen molar-refractivity contribution in [3.05, 3.63) is 11.3 Å². The number of esters is 1. The Morgan fingerprint density at radius 1 is 0.757 bits per heavy atom. The van der Waals surface area contributed by atoms with Crippen molar-refractivity contribution in [3.63, 3.8) is 0 Å². The van der Waals surface area contributed by atoms with Crippen LogP contribution >= 0.6 is 11.8 Å². The van der Waals surface area contributed by atoms with Crippen molar-refractivity contribution in [2.45, 2.75) is 145 Å². The standard InChI is InChI=1S/C44H74N12O17S/c1-20(2)32(53-36(63)25(10-7-13-45)50-35(62)24(48)17-57)38(65)51-26(11-8-14-46)37(64)54-33(21(3)4)39(66)52-27(15-29(49)59)28(58)16-31(61)73-18-22-19-74-43-44(72-5,42(71)56(43)34(22)41(69)70)55-30(60)12-6-9-23(47)40(67)68/h20-21,23-28,32-33,43,57-58H,6-19,45-48H2,1-5H3,(H2,49,59)(H,50,62)(H,51,65)(H,52,66)(H,53,63)(H,54,64)(H,55,60)(H,67,68)(H,69,70). The highest BCUT2D eigenvalue weighted by Crippen LogP contribution is 2.46. The van der Waals surface area contributed by atoms with E-state index < -0.39 is 168 Å². The summed E-state index contributed by atoms with van der Waals surface area (Å²) in [6, 6.07) is -9.23. The van der Waals surface area contributed by atoms with Crippen molar-refractivity contribution in [1.29, 1.82) is 0 Å². The topological polar surface area (TPSA) is 493 Å². The van der Waals surface area contributed by atoms with Gasteiger partial charge >= 0.3 is 17.9 Å². The zero-order valence-electron chi connectivity index (χ0n) is 42.1. The number of carbonyl (C=O) groups excluding carboxylic acids is 9. The highest BCUT2D eigenvalue weighted by atomic mass is 32.2. The van der Waals surface area contributed by atoms with Crippen molar-refractivity contribution in [2.75, 3.05) is 39.2 Å². The molecule has 2 aliphatic heterocycles. The van der Waals surface area contributed by atoms with Crippen LogP contribution in [0.1, 0.15) is 85.5 Å². The molecule has 2 heterocycles. The fourth-order valence-corrected chi connectivity index (χ4v) is 9.04. The molecule has 0 spiro atoms. The fourth-order valence-electron chi connectivity index (χ4n) is 7.62. The van der Waals surface area contributed by atoms with Gasteiger partial charge in [0.25, 0.3) is 11.6 Å². The molecule has 10 atom stereocenters. The van der Waals surface area contributed by atoms with Crippen LogP contribution in [0, 0.1) is 11.8 Å². The number of thioether (sulfide) groups is 1. The minimum absolute atomic E-state index is 0.0294. The van der Waals surface area contributed by atoms with Crippen LogP contribution in [0.5, 0.6) is 0 Å². The van der Waals surface area contributed by atoms with E-state index in [1.807, 2.05) is 0 Å². The van der Waals surface area contributed by atoms with Gasteiger partial charge in [-0.3, -0.25) is 52.8 Å². The molecule has 2 aliphatic rings. The lowest BCUT2D eigenvalue weighted by Gasteiger charge is -2.55. The molecule has 0 aliphatic carbocycles. The lowest BCUT2D eigenvalue weighted by Crippen LogP contribution is -2.80. The molecule has 10 unspecified atom stereocenters. The predicted molar refractivity (Wildman–Crippen MR) is 261 cm³/mol. The number of nitrogens with one attached hydrogen (secondary N) is 6. The number of aliphatic hydroxyl groups is 2. The maximum absolute atomic E-state index is 13.9. The summed E-state index contributed by atoms with van der Waals surface area (Å²) >= 11 is 0.975. The Balaban J connectivity index is 2.20. The van der Waals surface area contributed by atoms with Crippen LogP contribution in [-0.2, 0) is 62.2 Å². The van der Waals surface area contributed by atoms with Crippen LogP contribution in [0.2, 0.25) is 0 Å². The Bertz CT molecular complexity index is 2080. The number of amides is 8. The highest BCUT2D eigenvalue weighted by Gasteiger charge is 2.66. The molecule has 0 aromatic rings. The van der Waals surface area contributed by atoms with Gasteiger partial charge in [-0.15, -0.1) is 11.8 Å². The van der Waals surface area contributed by atoms with Crippen LogP contribution < -0.4 is 60.6 Å². The van der Waals surface area contributed by atoms with Crippen LogP contribution in [-0.4, -0.2) is 189 Å². The van der Waals surface area contributed by atoms with Crippen molar-refractivity contribution >= 4 is 76.9 Å². The summed E-state index contributed by atoms with van der Waals surface area (Å²) in [5.41, 5.74) is 25.3. The normalized spacial score (nSPS) is 19.5. The molecule has 74 heavy (non-hydrogen) atoms. The number of methoxy groups -OCH3 is 1.